The van der Waals surface area contributed by atoms with Gasteiger partial charge in [0.25, 0.3) is 10.0 Å². The highest BCUT2D eigenvalue weighted by Crippen LogP contribution is 2.31. The number of sulfonamides is 1. The van der Waals surface area contributed by atoms with E-state index in [4.69, 9.17) is 0 Å². The van der Waals surface area contributed by atoms with Crippen molar-refractivity contribution in [3.8, 4) is 0 Å². The lowest BCUT2D eigenvalue weighted by molar-refractivity contribution is 0.191. The molecule has 0 aliphatic carbocycles. The van der Waals surface area contributed by atoms with Crippen LogP contribution in [0.15, 0.2) is 23.4 Å². The van der Waals surface area contributed by atoms with Crippen LogP contribution in [-0.2, 0) is 10.0 Å². The first-order valence-electron chi connectivity index (χ1n) is 6.84. The summed E-state index contributed by atoms with van der Waals surface area (Å²) in [5.41, 5.74) is 0.506. The van der Waals surface area contributed by atoms with E-state index in [1.807, 2.05) is 13.8 Å². The SMILES string of the molecule is CCNc1cccnc1S(=O)(=O)N1CCC(C)C1CO. The standard InChI is InChI=1S/C13H21N3O3S/c1-3-14-11-5-4-7-15-13(11)20(18,19)16-8-6-10(2)12(16)9-17/h4-5,7,10,12,14,17H,3,6,8-9H2,1-2H3. The van der Waals surface area contributed by atoms with Gasteiger partial charge in [0.1, 0.15) is 0 Å². The highest BCUT2D eigenvalue weighted by molar-refractivity contribution is 7.89. The van der Waals surface area contributed by atoms with Crippen molar-refractivity contribution in [1.29, 1.82) is 0 Å². The van der Waals surface area contributed by atoms with E-state index < -0.39 is 10.0 Å². The number of nitrogens with zero attached hydrogens (tertiary/aromatic N) is 2. The third kappa shape index (κ3) is 2.65. The van der Waals surface area contributed by atoms with E-state index in [0.717, 1.165) is 6.42 Å². The molecule has 1 saturated heterocycles. The molecule has 1 aliphatic heterocycles. The van der Waals surface area contributed by atoms with Crippen molar-refractivity contribution in [3.63, 3.8) is 0 Å². The normalized spacial score (nSPS) is 23.9. The third-order valence-corrected chi connectivity index (χ3v) is 5.59. The van der Waals surface area contributed by atoms with Crippen LogP contribution in [0.25, 0.3) is 0 Å². The minimum Gasteiger partial charge on any atom is -0.395 e. The molecule has 2 heterocycles. The minimum atomic E-state index is -3.69. The van der Waals surface area contributed by atoms with Gasteiger partial charge in [0.15, 0.2) is 5.03 Å². The number of rotatable bonds is 5. The molecule has 0 bridgehead atoms. The average molecular weight is 299 g/mol. The van der Waals surface area contributed by atoms with Crippen LogP contribution in [0.4, 0.5) is 5.69 Å². The maximum atomic E-state index is 12.8. The average Bonchev–Trinajstić information content (AvgIpc) is 2.81. The van der Waals surface area contributed by atoms with Crippen LogP contribution in [-0.4, -0.2) is 48.6 Å². The molecule has 2 N–H and O–H groups in total. The topological polar surface area (TPSA) is 82.5 Å². The summed E-state index contributed by atoms with van der Waals surface area (Å²) in [6, 6.07) is 3.04. The maximum Gasteiger partial charge on any atom is 0.262 e. The molecule has 112 valence electrons. The van der Waals surface area contributed by atoms with Crippen LogP contribution in [0.5, 0.6) is 0 Å². The van der Waals surface area contributed by atoms with Crippen molar-refractivity contribution in [3.05, 3.63) is 18.3 Å². The number of hydrogen-bond acceptors (Lipinski definition) is 5. The van der Waals surface area contributed by atoms with Crippen LogP contribution in [0.1, 0.15) is 20.3 Å². The first kappa shape index (κ1) is 15.2. The molecule has 0 amide bonds. The molecule has 0 saturated carbocycles. The lowest BCUT2D eigenvalue weighted by Gasteiger charge is -2.25. The Balaban J connectivity index is 2.40. The fraction of sp³-hybridized carbons (Fsp3) is 0.615. The molecule has 6 nitrogen and oxygen atoms in total. The van der Waals surface area contributed by atoms with E-state index in [2.05, 4.69) is 10.3 Å². The summed E-state index contributed by atoms with van der Waals surface area (Å²) in [6.45, 7) is 4.74. The van der Waals surface area contributed by atoms with Crippen LogP contribution in [0.2, 0.25) is 0 Å². The Morgan fingerprint density at radius 2 is 2.30 bits per heavy atom. The molecule has 1 fully saturated rings. The lowest BCUT2D eigenvalue weighted by Crippen LogP contribution is -2.40. The number of aliphatic hydroxyl groups excluding tert-OH is 1. The summed E-state index contributed by atoms with van der Waals surface area (Å²) in [4.78, 5) is 4.03. The molecule has 1 aromatic rings. The van der Waals surface area contributed by atoms with Gasteiger partial charge < -0.3 is 10.4 Å². The first-order valence-corrected chi connectivity index (χ1v) is 8.28. The number of nitrogens with one attached hydrogen (secondary N) is 1. The highest BCUT2D eigenvalue weighted by atomic mass is 32.2. The van der Waals surface area contributed by atoms with E-state index in [9.17, 15) is 13.5 Å². The van der Waals surface area contributed by atoms with Gasteiger partial charge in [0.2, 0.25) is 0 Å². The highest BCUT2D eigenvalue weighted by Gasteiger charge is 2.40. The van der Waals surface area contributed by atoms with Crippen molar-refractivity contribution in [2.45, 2.75) is 31.3 Å². The molecular weight excluding hydrogens is 278 g/mol. The first-order chi connectivity index (χ1) is 9.52. The lowest BCUT2D eigenvalue weighted by atomic mass is 10.0. The third-order valence-electron chi connectivity index (χ3n) is 3.71. The summed E-state index contributed by atoms with van der Waals surface area (Å²) in [5.74, 6) is 0.154. The number of hydrogen-bond donors (Lipinski definition) is 2. The number of anilines is 1. The van der Waals surface area contributed by atoms with Gasteiger partial charge in [-0.3, -0.25) is 0 Å². The maximum absolute atomic E-state index is 12.8. The molecule has 0 aromatic carbocycles. The van der Waals surface area contributed by atoms with Gasteiger partial charge in [-0.15, -0.1) is 0 Å². The summed E-state index contributed by atoms with van der Waals surface area (Å²) in [7, 11) is -3.69. The predicted octanol–water partition coefficient (Wildman–Crippen LogP) is 0.905. The van der Waals surface area contributed by atoms with E-state index >= 15 is 0 Å². The Hall–Kier alpha value is -1.18. The van der Waals surface area contributed by atoms with Crippen LogP contribution in [0, 0.1) is 5.92 Å². The van der Waals surface area contributed by atoms with Gasteiger partial charge in [0.05, 0.1) is 18.3 Å². The van der Waals surface area contributed by atoms with Crippen molar-refractivity contribution in [2.75, 3.05) is 25.0 Å². The quantitative estimate of drug-likeness (QED) is 0.844. The second-order valence-electron chi connectivity index (χ2n) is 5.02. The van der Waals surface area contributed by atoms with E-state index in [-0.39, 0.29) is 23.6 Å². The molecule has 7 heteroatoms. The number of pyridine rings is 1. The molecule has 2 rings (SSSR count). The summed E-state index contributed by atoms with van der Waals surface area (Å²) >= 11 is 0. The van der Waals surface area contributed by atoms with Crippen molar-refractivity contribution >= 4 is 15.7 Å². The van der Waals surface area contributed by atoms with Crippen LogP contribution < -0.4 is 5.32 Å². The number of aromatic nitrogens is 1. The van der Waals surface area contributed by atoms with Gasteiger partial charge in [0, 0.05) is 19.3 Å². The van der Waals surface area contributed by atoms with Crippen LogP contribution in [0.3, 0.4) is 0 Å². The number of aliphatic hydroxyl groups is 1. The summed E-state index contributed by atoms with van der Waals surface area (Å²) < 4.78 is 26.9. The molecule has 0 spiro atoms. The molecule has 1 aromatic heterocycles. The molecule has 1 aliphatic rings. The molecular formula is C13H21N3O3S. The Morgan fingerprint density at radius 3 is 2.95 bits per heavy atom. The second-order valence-corrected chi connectivity index (χ2v) is 6.82. The fourth-order valence-electron chi connectivity index (χ4n) is 2.57. The summed E-state index contributed by atoms with van der Waals surface area (Å²) in [6.07, 6.45) is 2.23. The zero-order valence-corrected chi connectivity index (χ0v) is 12.6. The Labute approximate surface area is 119 Å². The van der Waals surface area contributed by atoms with Crippen molar-refractivity contribution in [1.82, 2.24) is 9.29 Å². The van der Waals surface area contributed by atoms with E-state index in [1.54, 1.807) is 12.1 Å². The minimum absolute atomic E-state index is 0.0365. The zero-order chi connectivity index (χ0) is 14.8. The Kier molecular flexibility index (Phi) is 4.62. The molecule has 0 radical (unpaired) electrons. The van der Waals surface area contributed by atoms with E-state index in [1.165, 1.54) is 10.5 Å². The van der Waals surface area contributed by atoms with Crippen LogP contribution >= 0.6 is 0 Å². The summed E-state index contributed by atoms with van der Waals surface area (Å²) in [5, 5.41) is 12.5. The monoisotopic (exact) mass is 299 g/mol. The molecule has 20 heavy (non-hydrogen) atoms. The van der Waals surface area contributed by atoms with Gasteiger partial charge in [-0.25, -0.2) is 13.4 Å². The smallest absolute Gasteiger partial charge is 0.262 e. The van der Waals surface area contributed by atoms with Gasteiger partial charge >= 0.3 is 0 Å². The van der Waals surface area contributed by atoms with Gasteiger partial charge in [-0.2, -0.15) is 4.31 Å². The van der Waals surface area contributed by atoms with Crippen molar-refractivity contribution < 1.29 is 13.5 Å². The molecule has 2 unspecified atom stereocenters. The van der Waals surface area contributed by atoms with Gasteiger partial charge in [-0.1, -0.05) is 6.92 Å². The van der Waals surface area contributed by atoms with Crippen molar-refractivity contribution in [2.24, 2.45) is 5.92 Å². The second kappa shape index (κ2) is 6.07. The molecule has 2 atom stereocenters. The van der Waals surface area contributed by atoms with E-state index in [0.29, 0.717) is 18.8 Å². The zero-order valence-electron chi connectivity index (χ0n) is 11.8. The Bertz CT molecular complexity index is 562. The largest absolute Gasteiger partial charge is 0.395 e. The predicted molar refractivity (Wildman–Crippen MR) is 76.9 cm³/mol. The van der Waals surface area contributed by atoms with Gasteiger partial charge in [-0.05, 0) is 31.4 Å². The fourth-order valence-corrected chi connectivity index (χ4v) is 4.39. The Morgan fingerprint density at radius 1 is 1.55 bits per heavy atom.